The topological polar surface area (TPSA) is 96.0 Å². The van der Waals surface area contributed by atoms with Gasteiger partial charge in [0, 0.05) is 25.6 Å². The van der Waals surface area contributed by atoms with Crippen LogP contribution in [0.5, 0.6) is 0 Å². The van der Waals surface area contributed by atoms with Crippen molar-refractivity contribution in [1.29, 1.82) is 0 Å². The lowest BCUT2D eigenvalue weighted by atomic mass is 9.97. The van der Waals surface area contributed by atoms with Crippen LogP contribution >= 0.6 is 0 Å². The van der Waals surface area contributed by atoms with E-state index in [9.17, 15) is 23.6 Å². The van der Waals surface area contributed by atoms with E-state index in [1.165, 1.54) is 41.1 Å². The summed E-state index contributed by atoms with van der Waals surface area (Å²) in [7, 11) is 1.43. The van der Waals surface area contributed by atoms with Crippen LogP contribution in [0, 0.1) is 5.82 Å². The maximum atomic E-state index is 13.1. The van der Waals surface area contributed by atoms with E-state index in [4.69, 9.17) is 4.74 Å². The van der Waals surface area contributed by atoms with Crippen LogP contribution in [0.15, 0.2) is 48.5 Å². The number of para-hydroxylation sites is 1. The van der Waals surface area contributed by atoms with Crippen molar-refractivity contribution >= 4 is 35.1 Å². The number of rotatable bonds is 4. The average Bonchev–Trinajstić information content (AvgIpc) is 3.10. The smallest absolute Gasteiger partial charge is 0.354 e. The zero-order chi connectivity index (χ0) is 21.5. The van der Waals surface area contributed by atoms with Gasteiger partial charge in [-0.3, -0.25) is 19.3 Å². The quantitative estimate of drug-likeness (QED) is 0.776. The number of fused-ring (bicyclic) bond motifs is 3. The number of hydrogen-bond acceptors (Lipinski definition) is 5. The summed E-state index contributed by atoms with van der Waals surface area (Å²) >= 11 is 0. The average molecular weight is 411 g/mol. The Hall–Kier alpha value is -3.75. The summed E-state index contributed by atoms with van der Waals surface area (Å²) in [6, 6.07) is 11.7. The van der Waals surface area contributed by atoms with Crippen molar-refractivity contribution in [3.8, 4) is 0 Å². The number of anilines is 2. The molecule has 3 amide bonds. The first-order chi connectivity index (χ1) is 14.3. The monoisotopic (exact) mass is 411 g/mol. The minimum atomic E-state index is -1.64. The van der Waals surface area contributed by atoms with Gasteiger partial charge in [-0.15, -0.1) is 0 Å². The number of ether oxygens (including phenoxy) is 1. The number of nitrogens with one attached hydrogen (secondary N) is 1. The van der Waals surface area contributed by atoms with Gasteiger partial charge in [-0.25, -0.2) is 9.18 Å². The number of benzene rings is 2. The second-order valence-electron chi connectivity index (χ2n) is 7.06. The highest BCUT2D eigenvalue weighted by Gasteiger charge is 2.60. The van der Waals surface area contributed by atoms with Crippen molar-refractivity contribution in [2.75, 3.05) is 23.9 Å². The van der Waals surface area contributed by atoms with Gasteiger partial charge in [-0.2, -0.15) is 0 Å². The summed E-state index contributed by atoms with van der Waals surface area (Å²) in [4.78, 5) is 53.2. The van der Waals surface area contributed by atoms with Crippen molar-refractivity contribution in [3.63, 3.8) is 0 Å². The maximum Gasteiger partial charge on any atom is 0.354 e. The molecule has 0 unspecified atom stereocenters. The highest BCUT2D eigenvalue weighted by molar-refractivity contribution is 6.15. The molecule has 2 aromatic rings. The predicted octanol–water partition coefficient (Wildman–Crippen LogP) is 1.92. The first-order valence-electron chi connectivity index (χ1n) is 9.27. The van der Waals surface area contributed by atoms with Gasteiger partial charge in [0.2, 0.25) is 11.6 Å². The highest BCUT2D eigenvalue weighted by Crippen LogP contribution is 2.44. The molecule has 1 N–H and O–H groups in total. The SMILES string of the molecule is CN1C(=O)c2ccccc2N2C(=O)CC[C@]12C(=O)OCC(=O)Nc1ccc(F)cc1. The minimum Gasteiger partial charge on any atom is -0.452 e. The summed E-state index contributed by atoms with van der Waals surface area (Å²) in [6.45, 7) is -0.621. The first kappa shape index (κ1) is 19.6. The minimum absolute atomic E-state index is 0.0564. The second kappa shape index (κ2) is 7.25. The van der Waals surface area contributed by atoms with Gasteiger partial charge in [-0.05, 0) is 36.4 Å². The zero-order valence-corrected chi connectivity index (χ0v) is 16.1. The summed E-state index contributed by atoms with van der Waals surface area (Å²) < 4.78 is 18.2. The molecule has 1 atom stereocenters. The van der Waals surface area contributed by atoms with E-state index in [-0.39, 0.29) is 18.7 Å². The standard InChI is InChI=1S/C21H18FN3O5/c1-24-19(28)15-4-2-3-5-16(15)25-18(27)10-11-21(24,25)20(29)30-12-17(26)23-14-8-6-13(22)7-9-14/h2-9H,10-12H2,1H3,(H,23,26)/t21-/m0/s1. The van der Waals surface area contributed by atoms with Gasteiger partial charge < -0.3 is 15.0 Å². The Morgan fingerprint density at radius 2 is 1.83 bits per heavy atom. The van der Waals surface area contributed by atoms with Gasteiger partial charge in [0.15, 0.2) is 6.61 Å². The molecule has 154 valence electrons. The Labute approximate surface area is 171 Å². The third-order valence-electron chi connectivity index (χ3n) is 5.33. The van der Waals surface area contributed by atoms with Crippen LogP contribution in [0.4, 0.5) is 15.8 Å². The van der Waals surface area contributed by atoms with Gasteiger partial charge in [0.1, 0.15) is 5.82 Å². The normalized spacial score (nSPS) is 19.9. The summed E-state index contributed by atoms with van der Waals surface area (Å²) in [6.07, 6.45) is 0.115. The van der Waals surface area contributed by atoms with Crippen molar-refractivity contribution in [3.05, 3.63) is 59.9 Å². The number of halogens is 1. The molecule has 2 aliphatic rings. The highest BCUT2D eigenvalue weighted by atomic mass is 19.1. The van der Waals surface area contributed by atoms with Crippen LogP contribution in [0.3, 0.4) is 0 Å². The Kier molecular flexibility index (Phi) is 4.73. The molecule has 1 fully saturated rings. The summed E-state index contributed by atoms with van der Waals surface area (Å²) in [5.74, 6) is -2.67. The molecule has 0 spiro atoms. The third kappa shape index (κ3) is 2.99. The molecular formula is C21H18FN3O5. The molecule has 2 aliphatic heterocycles. The van der Waals surface area contributed by atoms with Crippen LogP contribution in [-0.4, -0.2) is 47.9 Å². The number of esters is 1. The van der Waals surface area contributed by atoms with Crippen LogP contribution in [0.2, 0.25) is 0 Å². The number of likely N-dealkylation sites (N-methyl/N-ethyl adjacent to an activating group) is 1. The van der Waals surface area contributed by atoms with Crippen LogP contribution in [-0.2, 0) is 19.1 Å². The Balaban J connectivity index is 1.55. The van der Waals surface area contributed by atoms with Crippen molar-refractivity contribution in [2.45, 2.75) is 18.5 Å². The number of amides is 3. The fourth-order valence-corrected chi connectivity index (χ4v) is 3.87. The van der Waals surface area contributed by atoms with E-state index in [1.54, 1.807) is 24.3 Å². The van der Waals surface area contributed by atoms with Crippen LogP contribution in [0.25, 0.3) is 0 Å². The molecule has 0 radical (unpaired) electrons. The van der Waals surface area contributed by atoms with E-state index in [2.05, 4.69) is 5.32 Å². The molecule has 30 heavy (non-hydrogen) atoms. The zero-order valence-electron chi connectivity index (χ0n) is 16.1. The lowest BCUT2D eigenvalue weighted by molar-refractivity contribution is -0.158. The fraction of sp³-hybridized carbons (Fsp3) is 0.238. The lowest BCUT2D eigenvalue weighted by Gasteiger charge is -2.46. The van der Waals surface area contributed by atoms with E-state index in [0.29, 0.717) is 16.9 Å². The first-order valence-corrected chi connectivity index (χ1v) is 9.27. The van der Waals surface area contributed by atoms with E-state index in [0.717, 1.165) is 0 Å². The van der Waals surface area contributed by atoms with Gasteiger partial charge >= 0.3 is 5.97 Å². The van der Waals surface area contributed by atoms with Crippen molar-refractivity contribution in [2.24, 2.45) is 0 Å². The number of carbonyl (C=O) groups is 4. The molecule has 4 rings (SSSR count). The molecule has 2 aromatic carbocycles. The fourth-order valence-electron chi connectivity index (χ4n) is 3.87. The second-order valence-corrected chi connectivity index (χ2v) is 7.06. The van der Waals surface area contributed by atoms with E-state index >= 15 is 0 Å². The molecule has 0 bridgehead atoms. The van der Waals surface area contributed by atoms with Crippen molar-refractivity contribution in [1.82, 2.24) is 4.90 Å². The molecule has 1 saturated heterocycles. The van der Waals surface area contributed by atoms with Gasteiger partial charge in [-0.1, -0.05) is 12.1 Å². The molecular weight excluding hydrogens is 393 g/mol. The number of nitrogens with zero attached hydrogens (tertiary/aromatic N) is 2. The number of carbonyl (C=O) groups excluding carboxylic acids is 4. The molecule has 0 saturated carbocycles. The molecule has 2 heterocycles. The maximum absolute atomic E-state index is 13.1. The van der Waals surface area contributed by atoms with E-state index in [1.807, 2.05) is 0 Å². The largest absolute Gasteiger partial charge is 0.452 e. The van der Waals surface area contributed by atoms with Crippen molar-refractivity contribution < 1.29 is 28.3 Å². The Morgan fingerprint density at radius 1 is 1.13 bits per heavy atom. The molecule has 0 aromatic heterocycles. The van der Waals surface area contributed by atoms with Crippen LogP contribution < -0.4 is 10.2 Å². The third-order valence-corrected chi connectivity index (χ3v) is 5.33. The predicted molar refractivity (Wildman–Crippen MR) is 104 cm³/mol. The molecule has 0 aliphatic carbocycles. The molecule has 8 nitrogen and oxygen atoms in total. The van der Waals surface area contributed by atoms with Crippen LogP contribution in [0.1, 0.15) is 23.2 Å². The number of hydrogen-bond donors (Lipinski definition) is 1. The lowest BCUT2D eigenvalue weighted by Crippen LogP contribution is -2.67. The summed E-state index contributed by atoms with van der Waals surface area (Å²) in [5.41, 5.74) is -0.644. The Morgan fingerprint density at radius 3 is 2.57 bits per heavy atom. The Bertz CT molecular complexity index is 1050. The molecule has 9 heteroatoms. The van der Waals surface area contributed by atoms with Gasteiger partial charge in [0.05, 0.1) is 11.3 Å². The van der Waals surface area contributed by atoms with Gasteiger partial charge in [0.25, 0.3) is 11.8 Å². The van der Waals surface area contributed by atoms with E-state index < -0.39 is 35.9 Å². The summed E-state index contributed by atoms with van der Waals surface area (Å²) in [5, 5.41) is 2.49.